The van der Waals surface area contributed by atoms with Crippen molar-refractivity contribution in [2.24, 2.45) is 0 Å². The summed E-state index contributed by atoms with van der Waals surface area (Å²) in [5.41, 5.74) is 16.3. The second-order valence-electron chi connectivity index (χ2n) is 24.3. The largest absolute Gasteiger partial charge is 0.351 e. The van der Waals surface area contributed by atoms with E-state index in [0.717, 1.165) is 98.6 Å². The van der Waals surface area contributed by atoms with Crippen LogP contribution in [0.15, 0.2) is 291 Å². The van der Waals surface area contributed by atoms with Crippen LogP contribution in [-0.2, 0) is 66.7 Å². The zero-order valence-corrected chi connectivity index (χ0v) is 62.3. The molecule has 0 amide bonds. The van der Waals surface area contributed by atoms with Gasteiger partial charge in [0, 0.05) is 155 Å². The molecule has 0 aliphatic heterocycles. The fourth-order valence-electron chi connectivity index (χ4n) is 13.5. The van der Waals surface area contributed by atoms with Gasteiger partial charge in [0.2, 0.25) is 0 Å². The van der Waals surface area contributed by atoms with E-state index in [4.69, 9.17) is 0 Å². The molecule has 3 radical (unpaired) electrons. The summed E-state index contributed by atoms with van der Waals surface area (Å²) in [7, 11) is 0. The molecule has 15 heteroatoms. The molecule has 6 heterocycles. The zero-order chi connectivity index (χ0) is 65.3. The molecule has 0 saturated heterocycles. The molecule has 18 aromatic rings. The van der Waals surface area contributed by atoms with Crippen molar-refractivity contribution in [1.82, 2.24) is 58.0 Å². The summed E-state index contributed by atoms with van der Waals surface area (Å²) in [5.74, 6) is 5.42. The van der Waals surface area contributed by atoms with Gasteiger partial charge in [0.05, 0.1) is 17.5 Å². The summed E-state index contributed by atoms with van der Waals surface area (Å²) < 4.78 is 13.2. The van der Waals surface area contributed by atoms with E-state index in [1.54, 1.807) is 0 Å². The Kier molecular flexibility index (Phi) is 20.3. The molecule has 495 valence electrons. The molecule has 12 aromatic carbocycles. The Labute approximate surface area is 620 Å². The van der Waals surface area contributed by atoms with Crippen LogP contribution in [0.4, 0.5) is 0 Å². The number of para-hydroxylation sites is 9. The van der Waals surface area contributed by atoms with Gasteiger partial charge in [-0.1, -0.05) is 185 Å². The Morgan fingerprint density at radius 3 is 0.910 bits per heavy atom. The first-order valence-corrected chi connectivity index (χ1v) is 32.9. The Morgan fingerprint density at radius 2 is 0.580 bits per heavy atom. The van der Waals surface area contributed by atoms with Gasteiger partial charge in [-0.3, -0.25) is 0 Å². The molecule has 0 saturated carbocycles. The van der Waals surface area contributed by atoms with Crippen LogP contribution < -0.4 is 0 Å². The fraction of sp³-hybridized carbons (Fsp3) is 0.0824. The van der Waals surface area contributed by atoms with Gasteiger partial charge in [-0.2, -0.15) is 15.3 Å². The number of hydrogen-bond acceptors (Lipinski definition) is 6. The minimum absolute atomic E-state index is 0. The molecule has 0 fully saturated rings. The van der Waals surface area contributed by atoms with Gasteiger partial charge in [-0.05, 0) is 103 Å². The summed E-state index contributed by atoms with van der Waals surface area (Å²) in [6.45, 7) is 8.41. The monoisotopic (exact) mass is 1830 g/mol. The van der Waals surface area contributed by atoms with Gasteiger partial charge < -0.3 is 27.4 Å². The van der Waals surface area contributed by atoms with Gasteiger partial charge in [-0.15, -0.1) is 105 Å². The van der Waals surface area contributed by atoms with Crippen LogP contribution in [0.25, 0.3) is 134 Å². The van der Waals surface area contributed by atoms with Crippen molar-refractivity contribution in [3.63, 3.8) is 0 Å². The maximum atomic E-state index is 4.55. The number of hydrogen-bond donors (Lipinski definition) is 0. The minimum atomic E-state index is 0. The van der Waals surface area contributed by atoms with E-state index in [9.17, 15) is 0 Å². The number of aryl methyl sites for hydroxylation is 2. The van der Waals surface area contributed by atoms with Crippen LogP contribution in [0.3, 0.4) is 0 Å². The first-order chi connectivity index (χ1) is 47.9. The average Bonchev–Trinajstić information content (AvgIpc) is 1.59. The molecular weight excluding hydrogens is 1770 g/mol. The van der Waals surface area contributed by atoms with Crippen molar-refractivity contribution < 1.29 is 60.3 Å². The van der Waals surface area contributed by atoms with Crippen molar-refractivity contribution in [3.8, 4) is 68.3 Å². The van der Waals surface area contributed by atoms with Gasteiger partial charge >= 0.3 is 0 Å². The molecule has 100 heavy (non-hydrogen) atoms. The Hall–Kier alpha value is -10.6. The van der Waals surface area contributed by atoms with E-state index in [-0.39, 0.29) is 66.2 Å². The smallest absolute Gasteiger partial charge is 0.131 e. The SMILES string of the molecule is CC(C)c1nnc(-c2[c-]cc(-n3c4ccccc4c4ccccc43)cc2)n1-c1ccccc1.CCCc1nnc(-c2[c-]cc(-n3c4ccccc4c4ccccc43)cc2)n1-c1ccccc1.Cc1nnc(-c2[c-]cc(-n3c4ccccc4c4ccccc43)cc2)n1-c1ccccc1.[Ir].[Ir].[Ir]. The van der Waals surface area contributed by atoms with Crippen molar-refractivity contribution in [2.75, 3.05) is 0 Å². The van der Waals surface area contributed by atoms with Crippen LogP contribution in [0.5, 0.6) is 0 Å². The molecule has 0 spiro atoms. The summed E-state index contributed by atoms with van der Waals surface area (Å²) in [4.78, 5) is 0. The van der Waals surface area contributed by atoms with E-state index >= 15 is 0 Å². The van der Waals surface area contributed by atoms with Crippen LogP contribution >= 0.6 is 0 Å². The molecule has 0 unspecified atom stereocenters. The quantitative estimate of drug-likeness (QED) is 0.113. The Morgan fingerprint density at radius 1 is 0.290 bits per heavy atom. The molecule has 12 nitrogen and oxygen atoms in total. The van der Waals surface area contributed by atoms with Crippen molar-refractivity contribution in [1.29, 1.82) is 0 Å². The van der Waals surface area contributed by atoms with Crippen LogP contribution in [-0.4, -0.2) is 58.0 Å². The summed E-state index contributed by atoms with van der Waals surface area (Å²) in [5, 5.41) is 34.4. The van der Waals surface area contributed by atoms with Gasteiger partial charge in [0.25, 0.3) is 0 Å². The van der Waals surface area contributed by atoms with Crippen molar-refractivity contribution >= 4 is 65.4 Å². The molecule has 0 atom stereocenters. The Bertz CT molecular complexity index is 5650. The molecule has 0 bridgehead atoms. The molecule has 18 rings (SSSR count). The summed E-state index contributed by atoms with van der Waals surface area (Å²) >= 11 is 0. The second-order valence-corrected chi connectivity index (χ2v) is 24.3. The number of aromatic nitrogens is 12. The Balaban J connectivity index is 0.000000132. The topological polar surface area (TPSA) is 107 Å². The van der Waals surface area contributed by atoms with Gasteiger partial charge in [-0.25, -0.2) is 0 Å². The third-order valence-electron chi connectivity index (χ3n) is 17.9. The predicted molar refractivity (Wildman–Crippen MR) is 393 cm³/mol. The van der Waals surface area contributed by atoms with E-state index in [1.165, 1.54) is 65.4 Å². The van der Waals surface area contributed by atoms with E-state index in [2.05, 4.69) is 321 Å². The number of nitrogens with zero attached hydrogens (tertiary/aromatic N) is 12. The number of rotatable bonds is 12. The second kappa shape index (κ2) is 29.9. The predicted octanol–water partition coefficient (Wildman–Crippen LogP) is 19.9. The third kappa shape index (κ3) is 12.6. The van der Waals surface area contributed by atoms with Crippen LogP contribution in [0.1, 0.15) is 50.6 Å². The van der Waals surface area contributed by atoms with E-state index in [1.807, 2.05) is 73.7 Å². The standard InChI is InChI=1S/2C29H23N4.C27H19N4.3Ir/c1-20(2)28-30-31-29(33(28)22-10-4-3-5-11-22)21-16-18-23(19-17-21)32-26-14-8-6-12-24(26)25-13-7-9-15-27(25)32;1-2-10-28-30-31-29(33(28)22-11-4-3-5-12-22)21-17-19-23(20-18-21)32-26-15-8-6-13-24(26)25-14-7-9-16-27(25)32;1-19-28-29-27(30(19)21-9-3-2-4-10-21)20-15-17-22(18-16-20)31-25-13-7-5-11-23(25)24-12-6-8-14-26(24)31;;;/h3-16,18-20H,1-2H3;3-9,11-17,19-20H,2,10H2,1H3;2-15,17-18H,1H3;;;/q3*-1;;;. The fourth-order valence-corrected chi connectivity index (χ4v) is 13.5. The normalized spacial score (nSPS) is 11.1. The molecule has 6 aromatic heterocycles. The van der Waals surface area contributed by atoms with E-state index in [0.29, 0.717) is 0 Å². The molecule has 0 aliphatic rings. The summed E-state index contributed by atoms with van der Waals surface area (Å²) in [6.07, 6.45) is 1.89. The molecule has 0 N–H and O–H groups in total. The van der Waals surface area contributed by atoms with Gasteiger partial charge in [0.15, 0.2) is 0 Å². The molecular formula is C85H65Ir3N12-3. The first kappa shape index (κ1) is 68.0. The van der Waals surface area contributed by atoms with Crippen molar-refractivity contribution in [2.45, 2.75) is 46.5 Å². The number of fused-ring (bicyclic) bond motifs is 9. The minimum Gasteiger partial charge on any atom is -0.351 e. The summed E-state index contributed by atoms with van der Waals surface area (Å²) in [6, 6.07) is 111. The van der Waals surface area contributed by atoms with Crippen LogP contribution in [0, 0.1) is 25.1 Å². The maximum Gasteiger partial charge on any atom is 0.131 e. The third-order valence-corrected chi connectivity index (χ3v) is 17.9. The van der Waals surface area contributed by atoms with Gasteiger partial charge in [0.1, 0.15) is 17.5 Å². The maximum absolute atomic E-state index is 4.55. The van der Waals surface area contributed by atoms with Crippen molar-refractivity contribution in [3.05, 3.63) is 327 Å². The number of benzene rings is 12. The van der Waals surface area contributed by atoms with E-state index < -0.39 is 0 Å². The van der Waals surface area contributed by atoms with Crippen LogP contribution in [0.2, 0.25) is 0 Å². The molecule has 0 aliphatic carbocycles. The zero-order valence-electron chi connectivity index (χ0n) is 55.1. The first-order valence-electron chi connectivity index (χ1n) is 32.9. The average molecular weight is 1830 g/mol.